The monoisotopic (exact) mass is 258 g/mol. The minimum atomic E-state index is -0.951. The third kappa shape index (κ3) is 4.60. The van der Waals surface area contributed by atoms with Gasteiger partial charge in [0.15, 0.2) is 0 Å². The van der Waals surface area contributed by atoms with Crippen molar-refractivity contribution in [1.29, 1.82) is 0 Å². The molecule has 0 aromatic carbocycles. The Kier molecular flexibility index (Phi) is 4.94. The highest BCUT2D eigenvalue weighted by Crippen LogP contribution is 2.33. The summed E-state index contributed by atoms with van der Waals surface area (Å²) >= 11 is 0. The summed E-state index contributed by atoms with van der Waals surface area (Å²) in [4.78, 5) is 33.3. The van der Waals surface area contributed by atoms with Gasteiger partial charge < -0.3 is 20.5 Å². The average molecular weight is 258 g/mol. The molecule has 3 N–H and O–H groups in total. The van der Waals surface area contributed by atoms with Crippen molar-refractivity contribution in [2.45, 2.75) is 38.3 Å². The zero-order valence-electron chi connectivity index (χ0n) is 10.4. The molecule has 0 radical (unpaired) electrons. The number of hydrogen-bond donors (Lipinski definition) is 3. The Hall–Kier alpha value is -1.79. The molecule has 0 aromatic rings. The Morgan fingerprint density at radius 2 is 1.94 bits per heavy atom. The van der Waals surface area contributed by atoms with E-state index in [1.54, 1.807) is 0 Å². The molecule has 7 nitrogen and oxygen atoms in total. The molecule has 1 saturated carbocycles. The molecule has 0 aromatic heterocycles. The zero-order chi connectivity index (χ0) is 13.7. The first-order valence-corrected chi connectivity index (χ1v) is 5.80. The predicted octanol–water partition coefficient (Wildman–Crippen LogP) is 0.100. The fourth-order valence-electron chi connectivity index (χ4n) is 1.66. The number of methoxy groups -OCH3 is 1. The van der Waals surface area contributed by atoms with Crippen molar-refractivity contribution in [1.82, 2.24) is 10.6 Å². The molecule has 0 aliphatic heterocycles. The molecule has 2 amide bonds. The summed E-state index contributed by atoms with van der Waals surface area (Å²) in [6.07, 6.45) is 1.74. The van der Waals surface area contributed by atoms with Gasteiger partial charge in [-0.05, 0) is 25.7 Å². The Balaban J connectivity index is 2.41. The molecule has 18 heavy (non-hydrogen) atoms. The molecule has 1 aliphatic rings. The number of carboxylic acid groups (broad SMARTS) is 1. The number of nitrogens with one attached hydrogen (secondary N) is 2. The second kappa shape index (κ2) is 6.23. The smallest absolute Gasteiger partial charge is 0.328 e. The van der Waals surface area contributed by atoms with Crippen molar-refractivity contribution in [3.63, 3.8) is 0 Å². The summed E-state index contributed by atoms with van der Waals surface area (Å²) in [5, 5.41) is 13.7. The molecule has 102 valence electrons. The van der Waals surface area contributed by atoms with Gasteiger partial charge >= 0.3 is 18.0 Å². The van der Waals surface area contributed by atoms with Crippen LogP contribution in [0.4, 0.5) is 4.79 Å². The molecular weight excluding hydrogens is 240 g/mol. The summed E-state index contributed by atoms with van der Waals surface area (Å²) in [7, 11) is 1.23. The molecule has 0 bridgehead atoms. The van der Waals surface area contributed by atoms with Crippen molar-refractivity contribution < 1.29 is 24.2 Å². The van der Waals surface area contributed by atoms with Crippen LogP contribution in [0.2, 0.25) is 0 Å². The van der Waals surface area contributed by atoms with Crippen molar-refractivity contribution in [2.24, 2.45) is 5.92 Å². The molecule has 7 heteroatoms. The van der Waals surface area contributed by atoms with Gasteiger partial charge in [-0.25, -0.2) is 9.59 Å². The molecule has 2 atom stereocenters. The maximum Gasteiger partial charge on any atom is 0.328 e. The second-order valence-corrected chi connectivity index (χ2v) is 4.40. The maximum absolute atomic E-state index is 11.6. The minimum absolute atomic E-state index is 0.106. The predicted molar refractivity (Wildman–Crippen MR) is 61.9 cm³/mol. The number of hydrogen-bond acceptors (Lipinski definition) is 4. The minimum Gasteiger partial charge on any atom is -0.481 e. The number of aliphatic carboxylic acids is 1. The van der Waals surface area contributed by atoms with E-state index in [0.717, 1.165) is 12.8 Å². The standard InChI is InChI=1S/C11H18N2O5/c1-6(10(16)18-2)12-11(17)13-8(5-9(14)15)7-3-4-7/h6-8H,3-5H2,1-2H3,(H,14,15)(H2,12,13,17). The Morgan fingerprint density at radius 3 is 2.39 bits per heavy atom. The van der Waals surface area contributed by atoms with Gasteiger partial charge in [-0.1, -0.05) is 0 Å². The van der Waals surface area contributed by atoms with Gasteiger partial charge in [0, 0.05) is 6.04 Å². The van der Waals surface area contributed by atoms with Crippen LogP contribution in [0.25, 0.3) is 0 Å². The lowest BCUT2D eigenvalue weighted by Crippen LogP contribution is -2.49. The highest BCUT2D eigenvalue weighted by atomic mass is 16.5. The summed E-state index contributed by atoms with van der Waals surface area (Å²) in [6, 6.07) is -1.70. The summed E-state index contributed by atoms with van der Waals surface area (Å²) in [5.41, 5.74) is 0. The van der Waals surface area contributed by atoms with Crippen molar-refractivity contribution >= 4 is 18.0 Å². The van der Waals surface area contributed by atoms with E-state index in [-0.39, 0.29) is 18.4 Å². The molecular formula is C11H18N2O5. The van der Waals surface area contributed by atoms with Gasteiger partial charge in [-0.3, -0.25) is 4.79 Å². The number of ether oxygens (including phenoxy) is 1. The highest BCUT2D eigenvalue weighted by molar-refractivity contribution is 5.83. The van der Waals surface area contributed by atoms with Gasteiger partial charge in [0.05, 0.1) is 13.5 Å². The summed E-state index contributed by atoms with van der Waals surface area (Å²) < 4.78 is 4.47. The van der Waals surface area contributed by atoms with E-state index in [1.165, 1.54) is 14.0 Å². The van der Waals surface area contributed by atoms with Crippen molar-refractivity contribution in [2.75, 3.05) is 7.11 Å². The number of amides is 2. The highest BCUT2D eigenvalue weighted by Gasteiger charge is 2.34. The lowest BCUT2D eigenvalue weighted by Gasteiger charge is -2.18. The van der Waals surface area contributed by atoms with Crippen LogP contribution < -0.4 is 10.6 Å². The number of urea groups is 1. The molecule has 1 fully saturated rings. The van der Waals surface area contributed by atoms with Gasteiger partial charge in [0.2, 0.25) is 0 Å². The van der Waals surface area contributed by atoms with E-state index < -0.39 is 24.0 Å². The molecule has 0 spiro atoms. The molecule has 1 rings (SSSR count). The van der Waals surface area contributed by atoms with Crippen LogP contribution in [0.1, 0.15) is 26.2 Å². The van der Waals surface area contributed by atoms with E-state index in [9.17, 15) is 14.4 Å². The number of rotatable bonds is 6. The van der Waals surface area contributed by atoms with E-state index in [1.807, 2.05) is 0 Å². The Bertz CT molecular complexity index is 340. The molecule has 0 saturated heterocycles. The van der Waals surface area contributed by atoms with Crippen molar-refractivity contribution in [3.05, 3.63) is 0 Å². The third-order valence-corrected chi connectivity index (χ3v) is 2.80. The summed E-state index contributed by atoms with van der Waals surface area (Å²) in [5.74, 6) is -1.28. The topological polar surface area (TPSA) is 105 Å². The third-order valence-electron chi connectivity index (χ3n) is 2.80. The largest absolute Gasteiger partial charge is 0.481 e. The van der Waals surface area contributed by atoms with Crippen LogP contribution in [0, 0.1) is 5.92 Å². The fourth-order valence-corrected chi connectivity index (χ4v) is 1.66. The van der Waals surface area contributed by atoms with E-state index in [0.29, 0.717) is 0 Å². The van der Waals surface area contributed by atoms with Crippen LogP contribution in [-0.2, 0) is 14.3 Å². The van der Waals surface area contributed by atoms with Gasteiger partial charge in [-0.2, -0.15) is 0 Å². The Morgan fingerprint density at radius 1 is 1.33 bits per heavy atom. The normalized spacial score (nSPS) is 17.4. The maximum atomic E-state index is 11.6. The van der Waals surface area contributed by atoms with Gasteiger partial charge in [0.1, 0.15) is 6.04 Å². The SMILES string of the molecule is COC(=O)C(C)NC(=O)NC(CC(=O)O)C1CC1. The lowest BCUT2D eigenvalue weighted by molar-refractivity contribution is -0.142. The number of carbonyl (C=O) groups excluding carboxylic acids is 2. The number of carboxylic acids is 1. The first kappa shape index (κ1) is 14.3. The van der Waals surface area contributed by atoms with Gasteiger partial charge in [-0.15, -0.1) is 0 Å². The van der Waals surface area contributed by atoms with Crippen LogP contribution >= 0.6 is 0 Å². The molecule has 2 unspecified atom stereocenters. The van der Waals surface area contributed by atoms with Crippen LogP contribution in [0.15, 0.2) is 0 Å². The second-order valence-electron chi connectivity index (χ2n) is 4.40. The summed E-state index contributed by atoms with van der Waals surface area (Å²) in [6.45, 7) is 1.49. The first-order valence-electron chi connectivity index (χ1n) is 5.80. The lowest BCUT2D eigenvalue weighted by atomic mass is 10.1. The van der Waals surface area contributed by atoms with Crippen LogP contribution in [0.5, 0.6) is 0 Å². The van der Waals surface area contributed by atoms with E-state index in [2.05, 4.69) is 15.4 Å². The Labute approximate surface area is 105 Å². The number of esters is 1. The fraction of sp³-hybridized carbons (Fsp3) is 0.727. The van der Waals surface area contributed by atoms with E-state index in [4.69, 9.17) is 5.11 Å². The number of carbonyl (C=O) groups is 3. The average Bonchev–Trinajstić information content (AvgIpc) is 3.09. The quantitative estimate of drug-likeness (QED) is 0.586. The van der Waals surface area contributed by atoms with Crippen LogP contribution in [0.3, 0.4) is 0 Å². The first-order chi connectivity index (χ1) is 8.43. The molecule has 1 aliphatic carbocycles. The van der Waals surface area contributed by atoms with Crippen molar-refractivity contribution in [3.8, 4) is 0 Å². The zero-order valence-corrected chi connectivity index (χ0v) is 10.4. The van der Waals surface area contributed by atoms with E-state index >= 15 is 0 Å². The van der Waals surface area contributed by atoms with Gasteiger partial charge in [0.25, 0.3) is 0 Å². The molecule has 0 heterocycles. The van der Waals surface area contributed by atoms with Crippen LogP contribution in [-0.4, -0.2) is 42.3 Å².